The van der Waals surface area contributed by atoms with Gasteiger partial charge in [-0.3, -0.25) is 4.90 Å². The van der Waals surface area contributed by atoms with Gasteiger partial charge in [-0.1, -0.05) is 23.7 Å². The number of hydrogen-bond acceptors (Lipinski definition) is 2. The maximum Gasteiger partial charge on any atom is 0.0443 e. The van der Waals surface area contributed by atoms with Crippen molar-refractivity contribution in [3.63, 3.8) is 0 Å². The third-order valence-electron chi connectivity index (χ3n) is 2.63. The summed E-state index contributed by atoms with van der Waals surface area (Å²) in [6.07, 6.45) is 0.825. The van der Waals surface area contributed by atoms with E-state index in [1.165, 1.54) is 5.56 Å². The van der Waals surface area contributed by atoms with Crippen LogP contribution in [0.4, 0.5) is 0 Å². The van der Waals surface area contributed by atoms with Gasteiger partial charge in [0.1, 0.15) is 0 Å². The Kier molecular flexibility index (Phi) is 5.81. The minimum Gasteiger partial charge on any atom is -0.396 e. The average Bonchev–Trinajstić information content (AvgIpc) is 2.26. The molecular weight excluding hydrogens is 222 g/mol. The quantitative estimate of drug-likeness (QED) is 0.828. The van der Waals surface area contributed by atoms with Crippen molar-refractivity contribution in [2.24, 2.45) is 0 Å². The van der Waals surface area contributed by atoms with Crippen LogP contribution in [0.1, 0.15) is 25.8 Å². The minimum absolute atomic E-state index is 0.254. The molecule has 0 spiro atoms. The molecule has 0 amide bonds. The molecule has 0 radical (unpaired) electrons. The number of rotatable bonds is 6. The van der Waals surface area contributed by atoms with Gasteiger partial charge in [0.15, 0.2) is 0 Å². The summed E-state index contributed by atoms with van der Waals surface area (Å²) in [5.41, 5.74) is 1.26. The molecule has 1 aromatic carbocycles. The second kappa shape index (κ2) is 6.89. The van der Waals surface area contributed by atoms with E-state index in [1.54, 1.807) is 0 Å². The van der Waals surface area contributed by atoms with Crippen LogP contribution in [0.15, 0.2) is 24.3 Å². The Hall–Kier alpha value is -0.570. The van der Waals surface area contributed by atoms with Crippen LogP contribution in [0.25, 0.3) is 0 Å². The van der Waals surface area contributed by atoms with Crippen molar-refractivity contribution in [1.29, 1.82) is 0 Å². The molecule has 1 N–H and O–H groups in total. The summed E-state index contributed by atoms with van der Waals surface area (Å²) in [6, 6.07) is 8.43. The molecule has 0 fully saturated rings. The monoisotopic (exact) mass is 241 g/mol. The van der Waals surface area contributed by atoms with Crippen LogP contribution >= 0.6 is 11.6 Å². The molecule has 16 heavy (non-hydrogen) atoms. The fraction of sp³-hybridized carbons (Fsp3) is 0.538. The largest absolute Gasteiger partial charge is 0.396 e. The van der Waals surface area contributed by atoms with Crippen LogP contribution in [0.3, 0.4) is 0 Å². The average molecular weight is 242 g/mol. The lowest BCUT2D eigenvalue weighted by molar-refractivity contribution is 0.185. The molecule has 2 nitrogen and oxygen atoms in total. The van der Waals surface area contributed by atoms with Gasteiger partial charge in [0.05, 0.1) is 0 Å². The first-order valence-corrected chi connectivity index (χ1v) is 6.10. The number of aliphatic hydroxyl groups excluding tert-OH is 1. The number of halogens is 1. The SMILES string of the molecule is CC(C)N(CCCO)Cc1ccc(Cl)cc1. The van der Waals surface area contributed by atoms with Crippen molar-refractivity contribution < 1.29 is 5.11 Å². The van der Waals surface area contributed by atoms with Crippen LogP contribution in [-0.2, 0) is 6.54 Å². The minimum atomic E-state index is 0.254. The normalized spacial score (nSPS) is 11.4. The zero-order valence-electron chi connectivity index (χ0n) is 9.99. The standard InChI is InChI=1S/C13H20ClNO/c1-11(2)15(8-3-9-16)10-12-4-6-13(14)7-5-12/h4-7,11,16H,3,8-10H2,1-2H3. The van der Waals surface area contributed by atoms with Gasteiger partial charge in [0, 0.05) is 30.8 Å². The van der Waals surface area contributed by atoms with Gasteiger partial charge in [-0.2, -0.15) is 0 Å². The fourth-order valence-electron chi connectivity index (χ4n) is 1.62. The van der Waals surface area contributed by atoms with Crippen molar-refractivity contribution >= 4 is 11.6 Å². The van der Waals surface area contributed by atoms with Gasteiger partial charge in [-0.05, 0) is 38.0 Å². The molecule has 1 rings (SSSR count). The molecule has 0 unspecified atom stereocenters. The van der Waals surface area contributed by atoms with Crippen LogP contribution in [0.5, 0.6) is 0 Å². The first kappa shape index (κ1) is 13.5. The second-order valence-corrected chi connectivity index (χ2v) is 4.70. The van der Waals surface area contributed by atoms with E-state index in [9.17, 15) is 0 Å². The van der Waals surface area contributed by atoms with Gasteiger partial charge in [0.25, 0.3) is 0 Å². The summed E-state index contributed by atoms with van der Waals surface area (Å²) in [4.78, 5) is 2.35. The molecule has 1 aromatic rings. The van der Waals surface area contributed by atoms with E-state index in [4.69, 9.17) is 16.7 Å². The maximum atomic E-state index is 8.86. The second-order valence-electron chi connectivity index (χ2n) is 4.27. The molecule has 0 saturated heterocycles. The summed E-state index contributed by atoms with van der Waals surface area (Å²) in [7, 11) is 0. The van der Waals surface area contributed by atoms with E-state index in [-0.39, 0.29) is 6.61 Å². The van der Waals surface area contributed by atoms with Gasteiger partial charge in [0.2, 0.25) is 0 Å². The fourth-order valence-corrected chi connectivity index (χ4v) is 1.74. The topological polar surface area (TPSA) is 23.5 Å². The van der Waals surface area contributed by atoms with E-state index < -0.39 is 0 Å². The van der Waals surface area contributed by atoms with E-state index in [0.717, 1.165) is 24.5 Å². The molecular formula is C13H20ClNO. The Labute approximate surface area is 103 Å². The van der Waals surface area contributed by atoms with E-state index in [0.29, 0.717) is 6.04 Å². The number of benzene rings is 1. The molecule has 0 bridgehead atoms. The smallest absolute Gasteiger partial charge is 0.0443 e. The van der Waals surface area contributed by atoms with E-state index in [1.807, 2.05) is 12.1 Å². The lowest BCUT2D eigenvalue weighted by Gasteiger charge is -2.26. The van der Waals surface area contributed by atoms with Crippen LogP contribution < -0.4 is 0 Å². The third kappa shape index (κ3) is 4.52. The Balaban J connectivity index is 2.57. The summed E-state index contributed by atoms with van der Waals surface area (Å²) in [5, 5.41) is 9.63. The summed E-state index contributed by atoms with van der Waals surface area (Å²) >= 11 is 5.85. The van der Waals surface area contributed by atoms with Gasteiger partial charge < -0.3 is 5.11 Å². The zero-order chi connectivity index (χ0) is 12.0. The van der Waals surface area contributed by atoms with Crippen molar-refractivity contribution in [2.45, 2.75) is 32.9 Å². The van der Waals surface area contributed by atoms with Gasteiger partial charge in [-0.15, -0.1) is 0 Å². The van der Waals surface area contributed by atoms with Crippen molar-refractivity contribution in [1.82, 2.24) is 4.90 Å². The third-order valence-corrected chi connectivity index (χ3v) is 2.88. The molecule has 0 heterocycles. The van der Waals surface area contributed by atoms with Crippen LogP contribution in [0, 0.1) is 0 Å². The summed E-state index contributed by atoms with van der Waals surface area (Å²) in [6.45, 7) is 6.44. The van der Waals surface area contributed by atoms with Gasteiger partial charge >= 0.3 is 0 Å². The molecule has 0 aliphatic heterocycles. The van der Waals surface area contributed by atoms with Crippen molar-refractivity contribution in [2.75, 3.05) is 13.2 Å². The Morgan fingerprint density at radius 1 is 1.25 bits per heavy atom. The van der Waals surface area contributed by atoms with Crippen LogP contribution in [0.2, 0.25) is 5.02 Å². The molecule has 3 heteroatoms. The van der Waals surface area contributed by atoms with Crippen molar-refractivity contribution in [3.05, 3.63) is 34.9 Å². The number of nitrogens with zero attached hydrogens (tertiary/aromatic N) is 1. The first-order valence-electron chi connectivity index (χ1n) is 5.73. The van der Waals surface area contributed by atoms with Crippen molar-refractivity contribution in [3.8, 4) is 0 Å². The highest BCUT2D eigenvalue weighted by Crippen LogP contribution is 2.13. The number of aliphatic hydroxyl groups is 1. The lowest BCUT2D eigenvalue weighted by Crippen LogP contribution is -2.31. The molecule has 0 aliphatic rings. The highest BCUT2D eigenvalue weighted by Gasteiger charge is 2.09. The predicted octanol–water partition coefficient (Wildman–Crippen LogP) is 2.93. The molecule has 0 atom stereocenters. The number of hydrogen-bond donors (Lipinski definition) is 1. The molecule has 0 saturated carbocycles. The van der Waals surface area contributed by atoms with Crippen LogP contribution in [-0.4, -0.2) is 29.2 Å². The Morgan fingerprint density at radius 3 is 2.38 bits per heavy atom. The molecule has 0 aromatic heterocycles. The van der Waals surface area contributed by atoms with E-state index >= 15 is 0 Å². The maximum absolute atomic E-state index is 8.86. The summed E-state index contributed by atoms with van der Waals surface area (Å²) in [5.74, 6) is 0. The van der Waals surface area contributed by atoms with E-state index in [2.05, 4.69) is 30.9 Å². The highest BCUT2D eigenvalue weighted by atomic mass is 35.5. The summed E-state index contributed by atoms with van der Waals surface area (Å²) < 4.78 is 0. The Bertz CT molecular complexity index is 297. The van der Waals surface area contributed by atoms with Gasteiger partial charge in [-0.25, -0.2) is 0 Å². The lowest BCUT2D eigenvalue weighted by atomic mass is 10.2. The Morgan fingerprint density at radius 2 is 1.88 bits per heavy atom. The predicted molar refractivity (Wildman–Crippen MR) is 68.7 cm³/mol. The highest BCUT2D eigenvalue weighted by molar-refractivity contribution is 6.30. The molecule has 0 aliphatic carbocycles. The first-order chi connectivity index (χ1) is 7.63. The zero-order valence-corrected chi connectivity index (χ0v) is 10.7. The molecule has 90 valence electrons.